The molecule has 1 aliphatic rings. The minimum atomic E-state index is -1.12. The standard InChI is InChI=1S/C9H12ClNO.C9H13NO.2C6H15NO.C5H9N3.C5H13NOS.C5H11NO.C5H13NO.C3H8O2/c10-8-3-1-7(2-4-8)5-9(11)6-12;10-9(7-11)6-8-4-2-1-3-5-8;1-5(2)3-6(7)4-8;1-3-5(2)6(7)4-8;6-2-1-5-3-7-4-8-5;1-8-3-2-5(6)4-7;6-4-5-2-1-3-7-5;1-4(2)5(6)3-7;1-2-3(4)5/h1-4,9,12H,5-6,11H2;1-5,9,11H,6-7,10H2;2*5-6,8H,3-4,7H2,1-2H3;3-4H,1-2,6H2,(H,7,8);5,7H,2-4,6H2,1H3;5H,1-4,6H2;4-5,7H,3,6H2,1-2H3;3-5H,2H2,1H3/t2*9-;6-;5?,6-;;5-;;;/m0011.0.../s1. The smallest absolute Gasteiger partial charge is 0.151 e. The molecule has 1 aromatic heterocycles. The Labute approximate surface area is 455 Å². The van der Waals surface area contributed by atoms with Gasteiger partial charge in [-0.15, -0.1) is 0 Å². The summed E-state index contributed by atoms with van der Waals surface area (Å²) in [6.45, 7) is 16.8. The highest BCUT2D eigenvalue weighted by Gasteiger charge is 2.12. The van der Waals surface area contributed by atoms with Crippen molar-refractivity contribution in [3.05, 3.63) is 89.0 Å². The van der Waals surface area contributed by atoms with E-state index >= 15 is 0 Å². The van der Waals surface area contributed by atoms with Crippen LogP contribution in [0.1, 0.15) is 104 Å². The van der Waals surface area contributed by atoms with Gasteiger partial charge in [-0.05, 0) is 105 Å². The van der Waals surface area contributed by atoms with Gasteiger partial charge in [-0.3, -0.25) is 0 Å². The van der Waals surface area contributed by atoms with Gasteiger partial charge < -0.3 is 96.4 Å². The summed E-state index contributed by atoms with van der Waals surface area (Å²) in [6, 6.07) is 17.0. The number of ether oxygens (including phenoxy) is 1. The Morgan fingerprint density at radius 2 is 1.20 bits per heavy atom. The van der Waals surface area contributed by atoms with Crippen molar-refractivity contribution in [3.63, 3.8) is 0 Å². The number of aromatic nitrogens is 2. The maximum Gasteiger partial charge on any atom is 0.151 e. The Morgan fingerprint density at radius 1 is 0.703 bits per heavy atom. The monoisotopic (exact) mass is 1100 g/mol. The van der Waals surface area contributed by atoms with Crippen LogP contribution < -0.4 is 45.9 Å². The number of benzene rings is 2. The van der Waals surface area contributed by atoms with Crippen molar-refractivity contribution in [2.45, 2.75) is 155 Å². The summed E-state index contributed by atoms with van der Waals surface area (Å²) in [5.41, 5.74) is 46.7. The minimum absolute atomic E-state index is 0.0116. The van der Waals surface area contributed by atoms with Crippen LogP contribution in [0.15, 0.2) is 67.1 Å². The molecular weight excluding hydrogens is 988 g/mol. The average Bonchev–Trinajstić information content (AvgIpc) is 4.15. The van der Waals surface area contributed by atoms with E-state index in [1.54, 1.807) is 31.2 Å². The molecule has 21 heteroatoms. The molecule has 1 aliphatic heterocycles. The zero-order valence-corrected chi connectivity index (χ0v) is 48.0. The number of nitrogens with two attached hydrogens (primary N) is 8. The summed E-state index contributed by atoms with van der Waals surface area (Å²) < 4.78 is 5.18. The molecule has 2 aromatic carbocycles. The number of thioether (sulfide) groups is 1. The van der Waals surface area contributed by atoms with Crippen molar-refractivity contribution in [1.82, 2.24) is 9.97 Å². The molecule has 0 bridgehead atoms. The fraction of sp³-hybridized carbons (Fsp3) is 0.717. The van der Waals surface area contributed by atoms with Gasteiger partial charge in [-0.25, -0.2) is 4.98 Å². The van der Waals surface area contributed by atoms with Crippen LogP contribution in [0.4, 0.5) is 0 Å². The van der Waals surface area contributed by atoms with Crippen molar-refractivity contribution in [1.29, 1.82) is 0 Å². The van der Waals surface area contributed by atoms with Crippen LogP contribution in [0.5, 0.6) is 0 Å². The highest BCUT2D eigenvalue weighted by atomic mass is 35.5. The first-order chi connectivity index (χ1) is 35.1. The highest BCUT2D eigenvalue weighted by molar-refractivity contribution is 7.98. The summed E-state index contributed by atoms with van der Waals surface area (Å²) >= 11 is 7.46. The summed E-state index contributed by atoms with van der Waals surface area (Å²) in [5, 5.41) is 67.7. The fourth-order valence-corrected chi connectivity index (χ4v) is 5.77. The molecule has 74 heavy (non-hydrogen) atoms. The molecule has 8 atom stereocenters. The largest absolute Gasteiger partial charge is 0.395 e. The van der Waals surface area contributed by atoms with E-state index in [9.17, 15) is 0 Å². The number of halogens is 1. The Hall–Kier alpha value is -2.39. The summed E-state index contributed by atoms with van der Waals surface area (Å²) in [7, 11) is 0. The predicted molar refractivity (Wildman–Crippen MR) is 310 cm³/mol. The maximum absolute atomic E-state index is 8.70. The summed E-state index contributed by atoms with van der Waals surface area (Å²) in [6.07, 6.45) is 12.7. The Balaban J connectivity index is -0.000000244. The van der Waals surface area contributed by atoms with Crippen molar-refractivity contribution in [2.75, 3.05) is 71.3 Å². The fourth-order valence-electron chi connectivity index (χ4n) is 5.11. The molecule has 1 saturated heterocycles. The van der Waals surface area contributed by atoms with Crippen LogP contribution >= 0.6 is 23.4 Å². The molecular formula is C53H109ClN10O9S. The number of hydrogen-bond acceptors (Lipinski definition) is 19. The molecule has 0 spiro atoms. The number of aromatic amines is 1. The Bertz CT molecular complexity index is 1490. The summed E-state index contributed by atoms with van der Waals surface area (Å²) in [5.74, 6) is 2.48. The Kier molecular flexibility index (Phi) is 63.4. The molecule has 3 aromatic rings. The van der Waals surface area contributed by atoms with Crippen LogP contribution in [-0.2, 0) is 24.0 Å². The first-order valence-electron chi connectivity index (χ1n) is 25.9. The van der Waals surface area contributed by atoms with Crippen LogP contribution in [0.2, 0.25) is 5.02 Å². The lowest BCUT2D eigenvalue weighted by Gasteiger charge is -2.14. The first kappa shape index (κ1) is 80.5. The topological polar surface area (TPSA) is 408 Å². The number of nitrogens with one attached hydrogen (secondary N) is 1. The second kappa shape index (κ2) is 58.3. The second-order valence-electron chi connectivity index (χ2n) is 18.4. The molecule has 3 unspecified atom stereocenters. The van der Waals surface area contributed by atoms with E-state index in [0.29, 0.717) is 49.8 Å². The zero-order chi connectivity index (χ0) is 57.7. The van der Waals surface area contributed by atoms with E-state index in [-0.39, 0.29) is 75.9 Å². The Morgan fingerprint density at radius 3 is 1.49 bits per heavy atom. The van der Waals surface area contributed by atoms with E-state index in [1.807, 2.05) is 81.6 Å². The van der Waals surface area contributed by atoms with Crippen LogP contribution in [0.25, 0.3) is 0 Å². The highest BCUT2D eigenvalue weighted by Crippen LogP contribution is 2.11. The first-order valence-corrected chi connectivity index (χ1v) is 27.6. The van der Waals surface area contributed by atoms with E-state index < -0.39 is 6.29 Å². The molecule has 438 valence electrons. The van der Waals surface area contributed by atoms with E-state index in [2.05, 4.69) is 30.7 Å². The maximum atomic E-state index is 8.70. The lowest BCUT2D eigenvalue weighted by atomic mass is 10.0. The quantitative estimate of drug-likeness (QED) is 0.0641. The number of rotatable bonds is 22. The number of nitrogens with zero attached hydrogens (tertiary/aromatic N) is 1. The third-order valence-corrected chi connectivity index (χ3v) is 11.3. The van der Waals surface area contributed by atoms with Gasteiger partial charge in [0.05, 0.1) is 52.1 Å². The third-order valence-electron chi connectivity index (χ3n) is 10.4. The molecule has 0 radical (unpaired) electrons. The average molecular weight is 1100 g/mol. The van der Waals surface area contributed by atoms with Gasteiger partial charge in [0.2, 0.25) is 0 Å². The van der Waals surface area contributed by atoms with Crippen molar-refractivity contribution in [3.8, 4) is 0 Å². The molecule has 0 aliphatic carbocycles. The second-order valence-corrected chi connectivity index (χ2v) is 19.8. The number of aliphatic hydroxyl groups is 8. The molecule has 4 rings (SSSR count). The van der Waals surface area contributed by atoms with Crippen molar-refractivity contribution < 1.29 is 45.6 Å². The van der Waals surface area contributed by atoms with E-state index in [4.69, 9.17) is 103 Å². The van der Waals surface area contributed by atoms with E-state index in [0.717, 1.165) is 67.2 Å². The van der Waals surface area contributed by atoms with Crippen molar-refractivity contribution in [2.24, 2.45) is 63.6 Å². The van der Waals surface area contributed by atoms with Crippen LogP contribution in [0.3, 0.4) is 0 Å². The third kappa shape index (κ3) is 58.9. The predicted octanol–water partition coefficient (Wildman–Crippen LogP) is 2.22. The van der Waals surface area contributed by atoms with Gasteiger partial charge in [0.25, 0.3) is 0 Å². The molecule has 1 fully saturated rings. The van der Waals surface area contributed by atoms with Gasteiger partial charge in [-0.1, -0.05) is 109 Å². The van der Waals surface area contributed by atoms with Crippen LogP contribution in [0, 0.1) is 17.8 Å². The lowest BCUT2D eigenvalue weighted by Crippen LogP contribution is -2.31. The summed E-state index contributed by atoms with van der Waals surface area (Å²) in [4.78, 5) is 6.78. The molecule has 19 nitrogen and oxygen atoms in total. The van der Waals surface area contributed by atoms with Gasteiger partial charge >= 0.3 is 0 Å². The molecule has 25 N–H and O–H groups in total. The zero-order valence-electron chi connectivity index (χ0n) is 46.5. The molecule has 0 amide bonds. The normalized spacial score (nSPS) is 15.1. The van der Waals surface area contributed by atoms with E-state index in [1.165, 1.54) is 12.0 Å². The number of aliphatic hydroxyl groups excluding tert-OH is 7. The SMILES string of the molecule is CC(C)C(N)CO.CC(C)C[C@@H](N)CO.CCC(C)[C@H](N)CO.CCC(O)O.CSCC[C@H](N)CO.NCC1CCCO1.NCCc1cnc[nH]1.N[C@H](CO)Cc1ccc(Cl)cc1.N[C@H](CO)Cc1ccccc1. The number of H-pyrrole nitrogens is 1. The van der Waals surface area contributed by atoms with Gasteiger partial charge in [-0.2, -0.15) is 11.8 Å². The molecule has 2 heterocycles. The lowest BCUT2D eigenvalue weighted by molar-refractivity contribution is -0.0413. The van der Waals surface area contributed by atoms with Gasteiger partial charge in [0.15, 0.2) is 6.29 Å². The molecule has 0 saturated carbocycles. The minimum Gasteiger partial charge on any atom is -0.395 e. The van der Waals surface area contributed by atoms with Crippen molar-refractivity contribution >= 4 is 23.4 Å². The van der Waals surface area contributed by atoms with Gasteiger partial charge in [0, 0.05) is 72.7 Å². The van der Waals surface area contributed by atoms with Crippen LogP contribution in [-0.4, -0.2) is 171 Å². The van der Waals surface area contributed by atoms with Gasteiger partial charge in [0.1, 0.15) is 0 Å². The number of hydrogen-bond donors (Lipinski definition) is 17. The number of imidazole rings is 1.